The first kappa shape index (κ1) is 28.0. The van der Waals surface area contributed by atoms with Gasteiger partial charge in [0.05, 0.1) is 27.6 Å². The predicted octanol–water partition coefficient (Wildman–Crippen LogP) is 4.62. The minimum absolute atomic E-state index is 0.0724. The molecule has 0 unspecified atom stereocenters. The van der Waals surface area contributed by atoms with Crippen molar-refractivity contribution in [3.8, 4) is 22.8 Å². The van der Waals surface area contributed by atoms with Gasteiger partial charge in [-0.05, 0) is 79.5 Å². The number of piperidine rings is 1. The number of ether oxygens (including phenoxy) is 2. The third-order valence-electron chi connectivity index (χ3n) is 7.10. The molecule has 42 heavy (non-hydrogen) atoms. The molecule has 2 saturated heterocycles. The molecule has 0 radical (unpaired) electrons. The van der Waals surface area contributed by atoms with Crippen LogP contribution in [0.15, 0.2) is 47.5 Å². The minimum atomic E-state index is -4.51. The number of pyridine rings is 1. The molecule has 218 valence electrons. The van der Waals surface area contributed by atoms with Gasteiger partial charge in [0, 0.05) is 31.4 Å². The molecule has 2 aromatic heterocycles. The summed E-state index contributed by atoms with van der Waals surface area (Å²) in [6.45, 7) is 2.30. The molecule has 10 nitrogen and oxygen atoms in total. The molecule has 0 bridgehead atoms. The van der Waals surface area contributed by atoms with E-state index in [1.54, 1.807) is 36.5 Å². The van der Waals surface area contributed by atoms with Gasteiger partial charge in [-0.15, -0.1) is 0 Å². The van der Waals surface area contributed by atoms with Gasteiger partial charge in [-0.25, -0.2) is 9.97 Å². The Morgan fingerprint density at radius 3 is 2.64 bits per heavy atom. The van der Waals surface area contributed by atoms with Gasteiger partial charge in [0.15, 0.2) is 11.5 Å². The highest BCUT2D eigenvalue weighted by Gasteiger charge is 2.32. The van der Waals surface area contributed by atoms with Crippen LogP contribution in [0.2, 0.25) is 0 Å². The number of hydrogen-bond donors (Lipinski definition) is 2. The number of rotatable bonds is 7. The fourth-order valence-corrected chi connectivity index (χ4v) is 5.60. The smallest absolute Gasteiger partial charge is 0.416 e. The Morgan fingerprint density at radius 1 is 1.07 bits per heavy atom. The summed E-state index contributed by atoms with van der Waals surface area (Å²) in [4.78, 5) is 39.0. The molecule has 0 aliphatic carbocycles. The van der Waals surface area contributed by atoms with Crippen molar-refractivity contribution >= 4 is 34.9 Å². The third kappa shape index (κ3) is 6.34. The van der Waals surface area contributed by atoms with Gasteiger partial charge in [0.2, 0.25) is 12.7 Å². The van der Waals surface area contributed by atoms with E-state index >= 15 is 0 Å². The van der Waals surface area contributed by atoms with Gasteiger partial charge in [-0.1, -0.05) is 0 Å². The van der Waals surface area contributed by atoms with Gasteiger partial charge < -0.3 is 19.7 Å². The second-order valence-corrected chi connectivity index (χ2v) is 11.0. The number of amides is 2. The van der Waals surface area contributed by atoms with E-state index in [1.807, 2.05) is 0 Å². The Bertz CT molecular complexity index is 1560. The number of nitrogens with zero attached hydrogens (tertiary/aromatic N) is 4. The number of alkyl halides is 3. The van der Waals surface area contributed by atoms with Crippen molar-refractivity contribution in [3.63, 3.8) is 0 Å². The van der Waals surface area contributed by atoms with Crippen molar-refractivity contribution in [2.75, 3.05) is 31.3 Å². The van der Waals surface area contributed by atoms with Crippen LogP contribution < -0.4 is 25.0 Å². The summed E-state index contributed by atoms with van der Waals surface area (Å²) in [7, 11) is 0. The van der Waals surface area contributed by atoms with Crippen LogP contribution in [0.25, 0.3) is 17.3 Å². The molecule has 1 aromatic carbocycles. The fourth-order valence-electron chi connectivity index (χ4n) is 4.94. The fraction of sp³-hybridized carbons (Fsp3) is 0.321. The van der Waals surface area contributed by atoms with E-state index in [0.717, 1.165) is 36.7 Å². The summed E-state index contributed by atoms with van der Waals surface area (Å²) in [5.41, 5.74) is 0.798. The molecule has 0 saturated carbocycles. The molecule has 2 N–H and O–H groups in total. The number of carbonyl (C=O) groups excluding carboxylic acids is 2. The number of aromatic nitrogens is 3. The maximum Gasteiger partial charge on any atom is 0.416 e. The number of benzene rings is 1. The monoisotopic (exact) mass is 598 g/mol. The number of thioether (sulfide) groups is 1. The lowest BCUT2D eigenvalue weighted by molar-refractivity contribution is -0.137. The topological polar surface area (TPSA) is 119 Å². The lowest BCUT2D eigenvalue weighted by Crippen LogP contribution is -2.38. The normalized spacial score (nSPS) is 18.2. The summed E-state index contributed by atoms with van der Waals surface area (Å²) in [5, 5.41) is 5.09. The first-order chi connectivity index (χ1) is 20.2. The summed E-state index contributed by atoms with van der Waals surface area (Å²) in [5.74, 6) is 1.43. The Hall–Kier alpha value is -4.17. The van der Waals surface area contributed by atoms with E-state index in [-0.39, 0.29) is 23.9 Å². The number of anilines is 1. The average molecular weight is 599 g/mol. The number of fused-ring (bicyclic) bond motifs is 1. The minimum Gasteiger partial charge on any atom is -0.454 e. The maximum absolute atomic E-state index is 13.7. The van der Waals surface area contributed by atoms with Crippen LogP contribution in [-0.2, 0) is 17.5 Å². The molecular weight excluding hydrogens is 573 g/mol. The first-order valence-corrected chi connectivity index (χ1v) is 14.0. The zero-order valence-corrected chi connectivity index (χ0v) is 22.9. The largest absolute Gasteiger partial charge is 0.454 e. The molecule has 14 heteroatoms. The molecule has 6 rings (SSSR count). The number of nitrogens with one attached hydrogen (secondary N) is 2. The molecular formula is C28H25F3N6O4S. The van der Waals surface area contributed by atoms with E-state index < -0.39 is 22.9 Å². The van der Waals surface area contributed by atoms with Crippen molar-refractivity contribution in [2.45, 2.75) is 25.6 Å². The molecule has 5 heterocycles. The van der Waals surface area contributed by atoms with Crippen LogP contribution in [0.5, 0.6) is 11.5 Å². The second kappa shape index (κ2) is 11.6. The average Bonchev–Trinajstić information content (AvgIpc) is 3.57. The SMILES string of the molecule is O=C1NC(=O)/C(=C/c2ccnc(N3CCC(CNCc4cc(C(F)(F)F)cc(-c5ccc6c(c5)OCO6)n4)CC3)n2)S1. The lowest BCUT2D eigenvalue weighted by atomic mass is 9.97. The van der Waals surface area contributed by atoms with E-state index in [2.05, 4.69) is 30.5 Å². The highest BCUT2D eigenvalue weighted by Crippen LogP contribution is 2.37. The Balaban J connectivity index is 1.06. The zero-order chi connectivity index (χ0) is 29.3. The van der Waals surface area contributed by atoms with Crippen LogP contribution in [0.3, 0.4) is 0 Å². The van der Waals surface area contributed by atoms with E-state index in [1.165, 1.54) is 0 Å². The summed E-state index contributed by atoms with van der Waals surface area (Å²) in [6.07, 6.45) is 0.346. The molecule has 0 atom stereocenters. The number of hydrogen-bond acceptors (Lipinski definition) is 10. The molecule has 0 spiro atoms. The molecule has 3 aromatic rings. The lowest BCUT2D eigenvalue weighted by Gasteiger charge is -2.32. The van der Waals surface area contributed by atoms with Gasteiger partial charge in [-0.2, -0.15) is 13.2 Å². The quantitative estimate of drug-likeness (QED) is 0.373. The molecule has 3 aliphatic rings. The molecule has 2 amide bonds. The van der Waals surface area contributed by atoms with E-state index in [9.17, 15) is 22.8 Å². The van der Waals surface area contributed by atoms with Crippen molar-refractivity contribution in [1.29, 1.82) is 0 Å². The van der Waals surface area contributed by atoms with E-state index in [0.29, 0.717) is 60.0 Å². The van der Waals surface area contributed by atoms with Gasteiger partial charge in [0.1, 0.15) is 0 Å². The van der Waals surface area contributed by atoms with Crippen LogP contribution >= 0.6 is 11.8 Å². The predicted molar refractivity (Wildman–Crippen MR) is 149 cm³/mol. The van der Waals surface area contributed by atoms with Gasteiger partial charge in [0.25, 0.3) is 11.1 Å². The van der Waals surface area contributed by atoms with Crippen LogP contribution in [0, 0.1) is 5.92 Å². The van der Waals surface area contributed by atoms with Crippen LogP contribution in [-0.4, -0.2) is 52.5 Å². The number of imide groups is 1. The van der Waals surface area contributed by atoms with E-state index in [4.69, 9.17) is 9.47 Å². The van der Waals surface area contributed by atoms with Gasteiger partial charge >= 0.3 is 6.18 Å². The summed E-state index contributed by atoms with van der Waals surface area (Å²) >= 11 is 0.833. The van der Waals surface area contributed by atoms with Gasteiger partial charge in [-0.3, -0.25) is 19.9 Å². The Labute approximate surface area is 242 Å². The second-order valence-electron chi connectivity index (χ2n) is 9.99. The summed E-state index contributed by atoms with van der Waals surface area (Å²) in [6, 6.07) is 8.77. The number of carbonyl (C=O) groups is 2. The zero-order valence-electron chi connectivity index (χ0n) is 22.1. The molecule has 2 fully saturated rings. The van der Waals surface area contributed by atoms with Crippen LogP contribution in [0.1, 0.15) is 29.8 Å². The maximum atomic E-state index is 13.7. The molecule has 3 aliphatic heterocycles. The first-order valence-electron chi connectivity index (χ1n) is 13.2. The highest BCUT2D eigenvalue weighted by molar-refractivity contribution is 8.18. The Kier molecular flexibility index (Phi) is 7.73. The number of halogens is 3. The highest BCUT2D eigenvalue weighted by atomic mass is 32.2. The Morgan fingerprint density at radius 2 is 1.88 bits per heavy atom. The third-order valence-corrected chi connectivity index (χ3v) is 7.91. The van der Waals surface area contributed by atoms with Crippen molar-refractivity contribution in [2.24, 2.45) is 5.92 Å². The summed E-state index contributed by atoms with van der Waals surface area (Å²) < 4.78 is 51.7. The standard InChI is InChI=1S/C28H25F3N6O4S/c29-28(30,31)18-10-20(34-21(11-18)17-1-2-22-23(9-17)41-15-40-22)14-32-13-16-4-7-37(8-5-16)26-33-6-3-19(35-26)12-24-25(38)36-27(39)42-24/h1-3,6,9-12,16,32H,4-5,7-8,13-15H2,(H,36,38,39)/b24-12-. The van der Waals surface area contributed by atoms with Crippen molar-refractivity contribution in [3.05, 3.63) is 64.5 Å². The van der Waals surface area contributed by atoms with Crippen molar-refractivity contribution in [1.82, 2.24) is 25.6 Å². The van der Waals surface area contributed by atoms with Crippen molar-refractivity contribution < 1.29 is 32.2 Å². The van der Waals surface area contributed by atoms with Crippen LogP contribution in [0.4, 0.5) is 23.9 Å².